The van der Waals surface area contributed by atoms with Gasteiger partial charge in [0.2, 0.25) is 0 Å². The van der Waals surface area contributed by atoms with Crippen molar-refractivity contribution >= 4 is 54.1 Å². The van der Waals surface area contributed by atoms with Crippen LogP contribution in [-0.4, -0.2) is 19.5 Å². The molecule has 74 heavy (non-hydrogen) atoms. The fourth-order valence-electron chi connectivity index (χ4n) is 12.0. The van der Waals surface area contributed by atoms with Crippen molar-refractivity contribution in [2.75, 3.05) is 0 Å². The molecule has 0 N–H and O–H groups in total. The summed E-state index contributed by atoms with van der Waals surface area (Å²) in [7, 11) is 0. The topological polar surface area (TPSA) is 43.6 Å². The van der Waals surface area contributed by atoms with Gasteiger partial charge in [-0.05, 0) is 101 Å². The van der Waals surface area contributed by atoms with E-state index >= 15 is 0 Å². The van der Waals surface area contributed by atoms with E-state index in [0.29, 0.717) is 17.5 Å². The van der Waals surface area contributed by atoms with E-state index in [-0.39, 0.29) is 0 Å². The third-order valence-electron chi connectivity index (χ3n) is 15.5. The largest absolute Gasteiger partial charge is 0.309 e. The van der Waals surface area contributed by atoms with E-state index in [2.05, 4.69) is 271 Å². The first kappa shape index (κ1) is 42.0. The summed E-state index contributed by atoms with van der Waals surface area (Å²) in [5.41, 5.74) is 14.2. The van der Waals surface area contributed by atoms with Crippen molar-refractivity contribution in [1.29, 1.82) is 0 Å². The number of hydrogen-bond donors (Lipinski definition) is 0. The minimum Gasteiger partial charge on any atom is -0.309 e. The lowest BCUT2D eigenvalue weighted by atomic mass is 9.68. The lowest BCUT2D eigenvalue weighted by molar-refractivity contribution is 0.676. The molecule has 4 heteroatoms. The molecule has 4 nitrogen and oxygen atoms in total. The molecule has 12 aromatic carbocycles. The molecule has 0 fully saturated rings. The molecule has 15 rings (SSSR count). The van der Waals surface area contributed by atoms with Crippen molar-refractivity contribution in [3.05, 3.63) is 289 Å². The van der Waals surface area contributed by atoms with Gasteiger partial charge < -0.3 is 4.57 Å². The molecular weight excluding hydrogens is 897 g/mol. The fraction of sp³-hybridized carbons (Fsp3) is 0.0143. The van der Waals surface area contributed by atoms with Gasteiger partial charge in [-0.25, -0.2) is 15.0 Å². The number of aromatic nitrogens is 4. The minimum atomic E-state index is -1.04. The summed E-state index contributed by atoms with van der Waals surface area (Å²) < 4.78 is 2.49. The van der Waals surface area contributed by atoms with Crippen LogP contribution in [0.25, 0.3) is 116 Å². The van der Waals surface area contributed by atoms with Crippen LogP contribution >= 0.6 is 0 Å². The van der Waals surface area contributed by atoms with Crippen LogP contribution in [0.2, 0.25) is 0 Å². The molecule has 0 aliphatic carbocycles. The first-order valence-electron chi connectivity index (χ1n) is 25.3. The summed E-state index contributed by atoms with van der Waals surface area (Å²) in [4.78, 5) is 17.2. The van der Waals surface area contributed by atoms with E-state index in [0.717, 1.165) is 88.5 Å². The SMILES string of the molecule is c1ccc(-c2ccc(-c3nc4nc(n3)C(c3ccccc3)(c3ccc(-c5ccccc5)cc3)c3ccc5c6ccc(-c7ccccc7)cc6n(c5c3)-c3ccc5c6ccccc6c6cccc-4c6c5c3)cc2)cc1. The molecule has 1 aliphatic heterocycles. The second-order valence-corrected chi connectivity index (χ2v) is 19.5. The summed E-state index contributed by atoms with van der Waals surface area (Å²) in [6, 6.07) is 96.9. The van der Waals surface area contributed by atoms with E-state index < -0.39 is 5.41 Å². The lowest BCUT2D eigenvalue weighted by Crippen LogP contribution is -2.34. The van der Waals surface area contributed by atoms with Gasteiger partial charge in [0, 0.05) is 33.0 Å². The van der Waals surface area contributed by atoms with Crippen molar-refractivity contribution in [3.63, 3.8) is 0 Å². The zero-order valence-electron chi connectivity index (χ0n) is 40.2. The molecule has 0 amide bonds. The average molecular weight is 941 g/mol. The van der Waals surface area contributed by atoms with E-state index in [4.69, 9.17) is 15.0 Å². The number of rotatable bonds is 6. The highest BCUT2D eigenvalue weighted by atomic mass is 15.1. The molecule has 344 valence electrons. The van der Waals surface area contributed by atoms with Crippen LogP contribution in [0.4, 0.5) is 0 Å². The zero-order valence-corrected chi connectivity index (χ0v) is 40.2. The number of hydrogen-bond acceptors (Lipinski definition) is 3. The first-order valence-corrected chi connectivity index (χ1v) is 25.3. The molecule has 0 saturated heterocycles. The Morgan fingerprint density at radius 1 is 0.270 bits per heavy atom. The molecule has 14 aromatic rings. The van der Waals surface area contributed by atoms with E-state index in [1.54, 1.807) is 0 Å². The van der Waals surface area contributed by atoms with Gasteiger partial charge in [-0.1, -0.05) is 243 Å². The van der Waals surface area contributed by atoms with Crippen LogP contribution in [0.1, 0.15) is 22.5 Å². The van der Waals surface area contributed by atoms with E-state index in [9.17, 15) is 0 Å². The standard InChI is InChI=1S/C70H44N4/c1-5-16-45(17-6-1)48-28-30-50(31-29-48)67-71-68-62-27-15-26-61-57-25-14-13-24-56(57)58-41-38-55(44-63(58)66(61)62)74-64-42-51(47-20-9-3-10-21-47)34-39-59(64)60-40-37-54(43-65(60)74)70(69(72-67)73-68,52-22-11-4-12-23-52)53-35-32-49(33-36-53)46-18-7-2-8-19-46/h1-44H. The number of nitrogens with zero attached hydrogens (tertiary/aromatic N) is 4. The van der Waals surface area contributed by atoms with Crippen LogP contribution in [0.15, 0.2) is 267 Å². The molecule has 6 bridgehead atoms. The fourth-order valence-corrected chi connectivity index (χ4v) is 12.0. The van der Waals surface area contributed by atoms with Gasteiger partial charge in [0.1, 0.15) is 5.41 Å². The maximum Gasteiger partial charge on any atom is 0.164 e. The van der Waals surface area contributed by atoms with Crippen molar-refractivity contribution < 1.29 is 0 Å². The second kappa shape index (κ2) is 16.7. The second-order valence-electron chi connectivity index (χ2n) is 19.5. The Morgan fingerprint density at radius 2 is 0.730 bits per heavy atom. The average Bonchev–Trinajstić information content (AvgIpc) is 3.86. The summed E-state index contributed by atoms with van der Waals surface area (Å²) in [6.07, 6.45) is 0. The van der Waals surface area contributed by atoms with Crippen LogP contribution in [0.5, 0.6) is 0 Å². The first-order chi connectivity index (χ1) is 36.7. The molecule has 0 radical (unpaired) electrons. The maximum absolute atomic E-state index is 5.87. The molecule has 1 atom stereocenters. The van der Waals surface area contributed by atoms with Gasteiger partial charge in [-0.15, -0.1) is 0 Å². The van der Waals surface area contributed by atoms with Gasteiger partial charge in [-0.3, -0.25) is 0 Å². The van der Waals surface area contributed by atoms with Crippen LogP contribution in [0.3, 0.4) is 0 Å². The minimum absolute atomic E-state index is 0.604. The van der Waals surface area contributed by atoms with Crippen molar-refractivity contribution in [3.8, 4) is 61.8 Å². The Hall–Kier alpha value is -9.77. The van der Waals surface area contributed by atoms with Gasteiger partial charge in [0.25, 0.3) is 0 Å². The molecule has 0 spiro atoms. The Labute approximate surface area is 428 Å². The Morgan fingerprint density at radius 3 is 1.41 bits per heavy atom. The predicted molar refractivity (Wildman–Crippen MR) is 306 cm³/mol. The number of benzene rings is 12. The monoisotopic (exact) mass is 940 g/mol. The van der Waals surface area contributed by atoms with Crippen molar-refractivity contribution in [2.24, 2.45) is 0 Å². The molecule has 3 heterocycles. The molecule has 1 unspecified atom stereocenters. The summed E-state index contributed by atoms with van der Waals surface area (Å²) in [6.45, 7) is 0. The third-order valence-corrected chi connectivity index (χ3v) is 15.5. The lowest BCUT2D eigenvalue weighted by Gasteiger charge is -2.35. The van der Waals surface area contributed by atoms with Crippen LogP contribution < -0.4 is 0 Å². The molecular formula is C70H44N4. The molecule has 0 saturated carbocycles. The third kappa shape index (κ3) is 6.45. The summed E-state index contributed by atoms with van der Waals surface area (Å²) in [5.74, 6) is 1.85. The van der Waals surface area contributed by atoms with Crippen molar-refractivity contribution in [2.45, 2.75) is 5.41 Å². The van der Waals surface area contributed by atoms with E-state index in [1.165, 1.54) is 32.5 Å². The highest BCUT2D eigenvalue weighted by molar-refractivity contribution is 6.28. The predicted octanol–water partition coefficient (Wildman–Crippen LogP) is 17.5. The quantitative estimate of drug-likeness (QED) is 0.156. The molecule has 1 aliphatic rings. The van der Waals surface area contributed by atoms with Gasteiger partial charge in [0.05, 0.1) is 11.0 Å². The number of fused-ring (bicyclic) bond motifs is 12. The Balaban J connectivity index is 1.12. The highest BCUT2D eigenvalue weighted by Gasteiger charge is 2.43. The summed E-state index contributed by atoms with van der Waals surface area (Å²) in [5, 5.41) is 9.30. The van der Waals surface area contributed by atoms with Crippen LogP contribution in [0, 0.1) is 0 Å². The normalized spacial score (nSPS) is 14.0. The smallest absolute Gasteiger partial charge is 0.164 e. The van der Waals surface area contributed by atoms with Gasteiger partial charge in [0.15, 0.2) is 17.5 Å². The Bertz CT molecular complexity index is 4490. The van der Waals surface area contributed by atoms with Gasteiger partial charge >= 0.3 is 0 Å². The van der Waals surface area contributed by atoms with Crippen LogP contribution in [-0.2, 0) is 5.41 Å². The molecule has 2 aromatic heterocycles. The van der Waals surface area contributed by atoms with E-state index in [1.807, 2.05) is 0 Å². The summed E-state index contributed by atoms with van der Waals surface area (Å²) >= 11 is 0. The van der Waals surface area contributed by atoms with Crippen molar-refractivity contribution in [1.82, 2.24) is 19.5 Å². The Kier molecular flexibility index (Phi) is 9.45. The zero-order chi connectivity index (χ0) is 48.7. The maximum atomic E-state index is 5.87. The van der Waals surface area contributed by atoms with Gasteiger partial charge in [-0.2, -0.15) is 0 Å². The highest BCUT2D eigenvalue weighted by Crippen LogP contribution is 2.49.